The van der Waals surface area contributed by atoms with E-state index in [4.69, 9.17) is 0 Å². The second kappa shape index (κ2) is 7.49. The van der Waals surface area contributed by atoms with Gasteiger partial charge in [0.1, 0.15) is 5.69 Å². The van der Waals surface area contributed by atoms with Crippen LogP contribution in [-0.4, -0.2) is 20.0 Å². The van der Waals surface area contributed by atoms with E-state index in [1.807, 2.05) is 42.1 Å². The van der Waals surface area contributed by atoms with Gasteiger partial charge in [0.05, 0.1) is 30.0 Å². The molecular weight excluding hydrogens is 342 g/mol. The Morgan fingerprint density at radius 2 is 1.96 bits per heavy atom. The van der Waals surface area contributed by atoms with Crippen LogP contribution >= 0.6 is 11.3 Å². The fraction of sp³-hybridized carbons (Fsp3) is 0.150. The molecule has 2 aromatic carbocycles. The van der Waals surface area contributed by atoms with E-state index in [0.717, 1.165) is 34.2 Å². The molecule has 4 rings (SSSR count). The molecule has 0 saturated carbocycles. The third-order valence-electron chi connectivity index (χ3n) is 4.02. The number of nitrogens with zero attached hydrogens (tertiary/aromatic N) is 4. The Labute approximate surface area is 156 Å². The van der Waals surface area contributed by atoms with Gasteiger partial charge in [-0.25, -0.2) is 9.67 Å². The molecule has 1 N–H and O–H groups in total. The van der Waals surface area contributed by atoms with Gasteiger partial charge in [0.25, 0.3) is 0 Å². The first-order chi connectivity index (χ1) is 12.8. The molecule has 0 atom stereocenters. The lowest BCUT2D eigenvalue weighted by molar-refractivity contribution is 0.649. The van der Waals surface area contributed by atoms with Crippen LogP contribution in [0.3, 0.4) is 0 Å². The summed E-state index contributed by atoms with van der Waals surface area (Å²) in [5.41, 5.74) is 5.31. The standard InChI is InChI=1S/C20H19N5S/c1-15-22-20(14-26-15)17-8-5-9-18(10-17)21-11-19-13-25(24-23-19)12-16-6-3-2-4-7-16/h2-10,13-14,21H,11-12H2,1H3. The summed E-state index contributed by atoms with van der Waals surface area (Å²) in [6.07, 6.45) is 1.98. The van der Waals surface area contributed by atoms with Gasteiger partial charge in [0.15, 0.2) is 0 Å². The Bertz CT molecular complexity index is 990. The number of anilines is 1. The summed E-state index contributed by atoms with van der Waals surface area (Å²) in [6, 6.07) is 18.5. The van der Waals surface area contributed by atoms with Gasteiger partial charge >= 0.3 is 0 Å². The van der Waals surface area contributed by atoms with Crippen LogP contribution in [-0.2, 0) is 13.1 Å². The fourth-order valence-corrected chi connectivity index (χ4v) is 3.37. The summed E-state index contributed by atoms with van der Waals surface area (Å²) < 4.78 is 1.86. The minimum atomic E-state index is 0.633. The minimum absolute atomic E-state index is 0.633. The van der Waals surface area contributed by atoms with Crippen molar-refractivity contribution in [2.45, 2.75) is 20.0 Å². The quantitative estimate of drug-likeness (QED) is 0.554. The Morgan fingerprint density at radius 1 is 1.08 bits per heavy atom. The highest BCUT2D eigenvalue weighted by atomic mass is 32.1. The van der Waals surface area contributed by atoms with Crippen molar-refractivity contribution >= 4 is 17.0 Å². The van der Waals surface area contributed by atoms with E-state index in [0.29, 0.717) is 6.54 Å². The van der Waals surface area contributed by atoms with E-state index in [1.165, 1.54) is 5.56 Å². The third kappa shape index (κ3) is 3.97. The number of aromatic nitrogens is 4. The number of aryl methyl sites for hydroxylation is 1. The molecule has 0 aliphatic heterocycles. The van der Waals surface area contributed by atoms with Crippen molar-refractivity contribution in [2.75, 3.05) is 5.32 Å². The average Bonchev–Trinajstić information content (AvgIpc) is 3.30. The molecular formula is C20H19N5S. The molecule has 0 spiro atoms. The molecule has 130 valence electrons. The zero-order valence-corrected chi connectivity index (χ0v) is 15.3. The second-order valence-electron chi connectivity index (χ2n) is 6.08. The third-order valence-corrected chi connectivity index (χ3v) is 4.80. The molecule has 2 aromatic heterocycles. The first-order valence-electron chi connectivity index (χ1n) is 8.46. The lowest BCUT2D eigenvalue weighted by Crippen LogP contribution is -2.00. The molecule has 2 heterocycles. The summed E-state index contributed by atoms with van der Waals surface area (Å²) >= 11 is 1.67. The van der Waals surface area contributed by atoms with Crippen molar-refractivity contribution in [3.63, 3.8) is 0 Å². The van der Waals surface area contributed by atoms with Crippen molar-refractivity contribution in [3.8, 4) is 11.3 Å². The summed E-state index contributed by atoms with van der Waals surface area (Å²) in [6.45, 7) is 3.38. The van der Waals surface area contributed by atoms with Crippen LogP contribution in [0, 0.1) is 6.92 Å². The predicted molar refractivity (Wildman–Crippen MR) is 105 cm³/mol. The molecule has 6 heteroatoms. The molecule has 0 aliphatic carbocycles. The van der Waals surface area contributed by atoms with Crippen molar-refractivity contribution in [2.24, 2.45) is 0 Å². The maximum Gasteiger partial charge on any atom is 0.102 e. The average molecular weight is 361 g/mol. The van der Waals surface area contributed by atoms with Gasteiger partial charge in [0, 0.05) is 16.6 Å². The number of rotatable bonds is 6. The van der Waals surface area contributed by atoms with Crippen molar-refractivity contribution in [3.05, 3.63) is 82.4 Å². The summed E-state index contributed by atoms with van der Waals surface area (Å²) in [7, 11) is 0. The smallest absolute Gasteiger partial charge is 0.102 e. The van der Waals surface area contributed by atoms with E-state index in [-0.39, 0.29) is 0 Å². The van der Waals surface area contributed by atoms with Crippen LogP contribution < -0.4 is 5.32 Å². The van der Waals surface area contributed by atoms with E-state index in [2.05, 4.69) is 56.3 Å². The van der Waals surface area contributed by atoms with Crippen LogP contribution in [0.2, 0.25) is 0 Å². The first kappa shape index (κ1) is 16.5. The Morgan fingerprint density at radius 3 is 2.77 bits per heavy atom. The SMILES string of the molecule is Cc1nc(-c2cccc(NCc3cn(Cc4ccccc4)nn3)c2)cs1. The van der Waals surface area contributed by atoms with Crippen LogP contribution in [0.5, 0.6) is 0 Å². The predicted octanol–water partition coefficient (Wildman–Crippen LogP) is 4.37. The highest BCUT2D eigenvalue weighted by Gasteiger charge is 2.05. The maximum absolute atomic E-state index is 4.55. The van der Waals surface area contributed by atoms with Crippen molar-refractivity contribution in [1.29, 1.82) is 0 Å². The zero-order valence-electron chi connectivity index (χ0n) is 14.5. The Kier molecular flexibility index (Phi) is 4.75. The van der Waals surface area contributed by atoms with Gasteiger partial charge in [-0.1, -0.05) is 47.7 Å². The van der Waals surface area contributed by atoms with E-state index < -0.39 is 0 Å². The molecule has 0 fully saturated rings. The van der Waals surface area contributed by atoms with Gasteiger partial charge in [-0.2, -0.15) is 0 Å². The maximum atomic E-state index is 4.55. The molecule has 0 aliphatic rings. The topological polar surface area (TPSA) is 55.6 Å². The van der Waals surface area contributed by atoms with E-state index in [9.17, 15) is 0 Å². The lowest BCUT2D eigenvalue weighted by Gasteiger charge is -2.06. The molecule has 4 aromatic rings. The molecule has 0 saturated heterocycles. The number of thiazole rings is 1. The zero-order chi connectivity index (χ0) is 17.8. The number of hydrogen-bond donors (Lipinski definition) is 1. The van der Waals surface area contributed by atoms with Gasteiger partial charge in [-0.3, -0.25) is 0 Å². The minimum Gasteiger partial charge on any atom is -0.379 e. The van der Waals surface area contributed by atoms with Gasteiger partial charge in [-0.15, -0.1) is 16.4 Å². The Balaban J connectivity index is 1.40. The van der Waals surface area contributed by atoms with Crippen molar-refractivity contribution < 1.29 is 0 Å². The van der Waals surface area contributed by atoms with Gasteiger partial charge in [-0.05, 0) is 24.6 Å². The highest BCUT2D eigenvalue weighted by Crippen LogP contribution is 2.24. The number of nitrogens with one attached hydrogen (secondary N) is 1. The van der Waals surface area contributed by atoms with Crippen molar-refractivity contribution in [1.82, 2.24) is 20.0 Å². The monoisotopic (exact) mass is 361 g/mol. The normalized spacial score (nSPS) is 10.8. The fourth-order valence-electron chi connectivity index (χ4n) is 2.74. The van der Waals surface area contributed by atoms with Crippen LogP contribution in [0.15, 0.2) is 66.2 Å². The van der Waals surface area contributed by atoms with Crippen LogP contribution in [0.4, 0.5) is 5.69 Å². The molecule has 0 bridgehead atoms. The summed E-state index contributed by atoms with van der Waals surface area (Å²) in [5.74, 6) is 0. The molecule has 26 heavy (non-hydrogen) atoms. The number of benzene rings is 2. The second-order valence-corrected chi connectivity index (χ2v) is 7.14. The highest BCUT2D eigenvalue weighted by molar-refractivity contribution is 7.09. The Hall–Kier alpha value is -2.99. The van der Waals surface area contributed by atoms with E-state index in [1.54, 1.807) is 11.3 Å². The number of hydrogen-bond acceptors (Lipinski definition) is 5. The van der Waals surface area contributed by atoms with Crippen LogP contribution in [0.1, 0.15) is 16.3 Å². The first-order valence-corrected chi connectivity index (χ1v) is 9.33. The summed E-state index contributed by atoms with van der Waals surface area (Å²) in [4.78, 5) is 4.55. The molecule has 0 radical (unpaired) electrons. The van der Waals surface area contributed by atoms with Gasteiger partial charge < -0.3 is 5.32 Å². The van der Waals surface area contributed by atoms with Crippen LogP contribution in [0.25, 0.3) is 11.3 Å². The largest absolute Gasteiger partial charge is 0.379 e. The molecule has 0 unspecified atom stereocenters. The lowest BCUT2D eigenvalue weighted by atomic mass is 10.1. The molecule has 5 nitrogen and oxygen atoms in total. The van der Waals surface area contributed by atoms with E-state index >= 15 is 0 Å². The summed E-state index contributed by atoms with van der Waals surface area (Å²) in [5, 5.41) is 15.0. The van der Waals surface area contributed by atoms with Gasteiger partial charge in [0.2, 0.25) is 0 Å². The molecule has 0 amide bonds.